The highest BCUT2D eigenvalue weighted by atomic mass is 16.6. The van der Waals surface area contributed by atoms with E-state index in [0.717, 1.165) is 0 Å². The van der Waals surface area contributed by atoms with E-state index in [1.807, 2.05) is 0 Å². The van der Waals surface area contributed by atoms with Crippen molar-refractivity contribution in [3.05, 3.63) is 36.0 Å². The summed E-state index contributed by atoms with van der Waals surface area (Å²) in [5.74, 6) is -0.870. The van der Waals surface area contributed by atoms with Crippen LogP contribution in [0.3, 0.4) is 0 Å². The fourth-order valence-electron chi connectivity index (χ4n) is 4.18. The Balaban J connectivity index is 1.89. The highest BCUT2D eigenvalue weighted by Gasteiger charge is 2.67. The quantitative estimate of drug-likeness (QED) is 0.529. The first-order valence-corrected chi connectivity index (χ1v) is 7.33. The van der Waals surface area contributed by atoms with Gasteiger partial charge < -0.3 is 19.7 Å². The van der Waals surface area contributed by atoms with Crippen molar-refractivity contribution in [1.82, 2.24) is 0 Å². The van der Waals surface area contributed by atoms with E-state index < -0.39 is 35.3 Å². The standard InChI is InChI=1S/C16H16O6/c17-10-3-4-15(8-14(20)21-12(15)6-10)16-7-11(18)2-1-9(16)5-13(19)22-16/h1-5,10-12,17-18H,6-8H2/t10-,11-,12+,15+,16-/m1/s1. The van der Waals surface area contributed by atoms with Crippen LogP contribution >= 0.6 is 0 Å². The van der Waals surface area contributed by atoms with Gasteiger partial charge in [0.1, 0.15) is 6.10 Å². The Morgan fingerprint density at radius 3 is 2.82 bits per heavy atom. The van der Waals surface area contributed by atoms with Crippen molar-refractivity contribution in [2.24, 2.45) is 5.41 Å². The predicted molar refractivity (Wildman–Crippen MR) is 73.4 cm³/mol. The summed E-state index contributed by atoms with van der Waals surface area (Å²) in [4.78, 5) is 23.8. The largest absolute Gasteiger partial charge is 0.461 e. The van der Waals surface area contributed by atoms with Crippen molar-refractivity contribution in [3.8, 4) is 0 Å². The van der Waals surface area contributed by atoms with Gasteiger partial charge >= 0.3 is 11.9 Å². The van der Waals surface area contributed by atoms with Crippen LogP contribution in [-0.2, 0) is 19.1 Å². The van der Waals surface area contributed by atoms with Gasteiger partial charge in [0.2, 0.25) is 0 Å². The van der Waals surface area contributed by atoms with Crippen molar-refractivity contribution >= 4 is 11.9 Å². The van der Waals surface area contributed by atoms with E-state index in [9.17, 15) is 19.8 Å². The average molecular weight is 304 g/mol. The third kappa shape index (κ3) is 1.62. The molecule has 0 bridgehead atoms. The molecular weight excluding hydrogens is 288 g/mol. The Bertz CT molecular complexity index is 647. The normalized spacial score (nSPS) is 45.9. The van der Waals surface area contributed by atoms with E-state index in [0.29, 0.717) is 5.57 Å². The number of carbonyl (C=O) groups excluding carboxylic acids is 2. The number of hydrogen-bond acceptors (Lipinski definition) is 6. The Labute approximate surface area is 126 Å². The van der Waals surface area contributed by atoms with Gasteiger partial charge in [-0.05, 0) is 0 Å². The zero-order valence-corrected chi connectivity index (χ0v) is 11.8. The van der Waals surface area contributed by atoms with E-state index in [-0.39, 0.29) is 25.2 Å². The molecular formula is C16H16O6. The Morgan fingerprint density at radius 2 is 2.00 bits per heavy atom. The molecule has 0 spiro atoms. The first-order chi connectivity index (χ1) is 10.4. The molecule has 6 nitrogen and oxygen atoms in total. The summed E-state index contributed by atoms with van der Waals surface area (Å²) in [6, 6.07) is 0. The summed E-state index contributed by atoms with van der Waals surface area (Å²) < 4.78 is 11.0. The highest BCUT2D eigenvalue weighted by molar-refractivity contribution is 5.89. The fourth-order valence-corrected chi connectivity index (χ4v) is 4.18. The molecule has 0 radical (unpaired) electrons. The minimum absolute atomic E-state index is 0.0616. The molecule has 0 aromatic carbocycles. The van der Waals surface area contributed by atoms with Crippen molar-refractivity contribution in [2.75, 3.05) is 0 Å². The summed E-state index contributed by atoms with van der Waals surface area (Å²) in [6.45, 7) is 0. The van der Waals surface area contributed by atoms with Gasteiger partial charge in [0.15, 0.2) is 5.60 Å². The predicted octanol–water partition coefficient (Wildman–Crippen LogP) is 0.152. The van der Waals surface area contributed by atoms with Crippen LogP contribution in [0.15, 0.2) is 36.0 Å². The summed E-state index contributed by atoms with van der Waals surface area (Å²) in [7, 11) is 0. The van der Waals surface area contributed by atoms with Crippen LogP contribution in [0, 0.1) is 5.41 Å². The van der Waals surface area contributed by atoms with E-state index >= 15 is 0 Å². The second-order valence-electron chi connectivity index (χ2n) is 6.34. The lowest BCUT2D eigenvalue weighted by molar-refractivity contribution is -0.165. The third-order valence-electron chi connectivity index (χ3n) is 5.12. The summed E-state index contributed by atoms with van der Waals surface area (Å²) in [5.41, 5.74) is -1.36. The molecule has 0 aromatic heterocycles. The van der Waals surface area contributed by atoms with Gasteiger partial charge in [-0.15, -0.1) is 0 Å². The van der Waals surface area contributed by atoms with Crippen molar-refractivity contribution < 1.29 is 29.3 Å². The number of esters is 2. The number of carbonyl (C=O) groups is 2. The smallest absolute Gasteiger partial charge is 0.332 e. The monoisotopic (exact) mass is 304 g/mol. The van der Waals surface area contributed by atoms with E-state index in [1.54, 1.807) is 24.3 Å². The minimum atomic E-state index is -1.12. The molecule has 5 atom stereocenters. The summed E-state index contributed by atoms with van der Waals surface area (Å²) in [5, 5.41) is 19.9. The van der Waals surface area contributed by atoms with E-state index in [1.165, 1.54) is 6.08 Å². The van der Waals surface area contributed by atoms with E-state index in [2.05, 4.69) is 0 Å². The van der Waals surface area contributed by atoms with Gasteiger partial charge in [0, 0.05) is 24.5 Å². The first kappa shape index (κ1) is 13.7. The molecule has 2 heterocycles. The number of rotatable bonds is 1. The number of aliphatic hydroxyl groups excluding tert-OH is 2. The van der Waals surface area contributed by atoms with Crippen molar-refractivity contribution in [3.63, 3.8) is 0 Å². The zero-order chi connectivity index (χ0) is 15.5. The van der Waals surface area contributed by atoms with Crippen molar-refractivity contribution in [2.45, 2.75) is 43.2 Å². The second-order valence-corrected chi connectivity index (χ2v) is 6.34. The molecule has 0 aromatic rings. The number of fused-ring (bicyclic) bond motifs is 3. The Morgan fingerprint density at radius 1 is 1.18 bits per heavy atom. The van der Waals surface area contributed by atoms with Crippen LogP contribution in [0.25, 0.3) is 0 Å². The maximum atomic E-state index is 11.9. The average Bonchev–Trinajstić information content (AvgIpc) is 2.95. The molecule has 4 rings (SSSR count). The van der Waals surface area contributed by atoms with Crippen LogP contribution < -0.4 is 0 Å². The summed E-state index contributed by atoms with van der Waals surface area (Å²) >= 11 is 0. The topological polar surface area (TPSA) is 93.1 Å². The molecule has 22 heavy (non-hydrogen) atoms. The van der Waals surface area contributed by atoms with Gasteiger partial charge in [-0.2, -0.15) is 0 Å². The number of ether oxygens (including phenoxy) is 2. The van der Waals surface area contributed by atoms with Gasteiger partial charge in [0.05, 0.1) is 24.0 Å². The lowest BCUT2D eigenvalue weighted by Gasteiger charge is -2.49. The van der Waals surface area contributed by atoms with Gasteiger partial charge in [-0.1, -0.05) is 24.3 Å². The van der Waals surface area contributed by atoms with Crippen LogP contribution in [0.5, 0.6) is 0 Å². The van der Waals surface area contributed by atoms with Crippen LogP contribution in [-0.4, -0.2) is 46.1 Å². The summed E-state index contributed by atoms with van der Waals surface area (Å²) in [6.07, 6.45) is 6.47. The molecule has 116 valence electrons. The zero-order valence-electron chi connectivity index (χ0n) is 11.8. The van der Waals surface area contributed by atoms with E-state index in [4.69, 9.17) is 9.47 Å². The third-order valence-corrected chi connectivity index (χ3v) is 5.12. The molecule has 6 heteroatoms. The molecule has 1 fully saturated rings. The molecule has 2 aliphatic carbocycles. The molecule has 0 unspecified atom stereocenters. The Kier molecular flexibility index (Phi) is 2.68. The van der Waals surface area contributed by atoms with Gasteiger partial charge in [-0.25, -0.2) is 4.79 Å². The van der Waals surface area contributed by atoms with Gasteiger partial charge in [0.25, 0.3) is 0 Å². The molecule has 1 saturated heterocycles. The number of hydrogen-bond donors (Lipinski definition) is 2. The SMILES string of the molecule is O=C1C=C2C=C[C@@H](O)C[C@@]2([C@]23C=C[C@@H](O)C[C@@H]2OC(=O)C3)O1. The maximum absolute atomic E-state index is 11.9. The molecule has 4 aliphatic rings. The maximum Gasteiger partial charge on any atom is 0.332 e. The van der Waals surface area contributed by atoms with Crippen molar-refractivity contribution in [1.29, 1.82) is 0 Å². The minimum Gasteiger partial charge on any atom is -0.461 e. The lowest BCUT2D eigenvalue weighted by atomic mass is 9.58. The molecule has 2 N–H and O–H groups in total. The molecule has 0 amide bonds. The fraction of sp³-hybridized carbons (Fsp3) is 0.500. The number of aliphatic hydroxyl groups is 2. The highest BCUT2D eigenvalue weighted by Crippen LogP contribution is 2.58. The molecule has 2 aliphatic heterocycles. The van der Waals surface area contributed by atoms with Crippen LogP contribution in [0.4, 0.5) is 0 Å². The second kappa shape index (κ2) is 4.30. The van der Waals surface area contributed by atoms with Gasteiger partial charge in [-0.3, -0.25) is 4.79 Å². The molecule has 0 saturated carbocycles. The lowest BCUT2D eigenvalue weighted by Crippen LogP contribution is -2.57. The van der Waals surface area contributed by atoms with Crippen LogP contribution in [0.2, 0.25) is 0 Å². The van der Waals surface area contributed by atoms with Crippen LogP contribution in [0.1, 0.15) is 19.3 Å². The Hall–Kier alpha value is -1.92. The first-order valence-electron chi connectivity index (χ1n) is 7.33.